The van der Waals surface area contributed by atoms with Crippen molar-refractivity contribution in [2.45, 2.75) is 25.9 Å². The topological polar surface area (TPSA) is 51.1 Å². The molecule has 0 spiro atoms. The maximum atomic E-state index is 5.49. The van der Waals surface area contributed by atoms with E-state index < -0.39 is 0 Å². The number of hydrogen-bond acceptors (Lipinski definition) is 4. The van der Waals surface area contributed by atoms with Crippen LogP contribution in [0.25, 0.3) is 0 Å². The lowest BCUT2D eigenvalue weighted by Gasteiger charge is -2.27. The first-order valence-corrected chi connectivity index (χ1v) is 7.93. The number of aromatic nitrogens is 2. The lowest BCUT2D eigenvalue weighted by Crippen LogP contribution is -2.36. The van der Waals surface area contributed by atoms with Gasteiger partial charge in [-0.15, -0.1) is 0 Å². The zero-order chi connectivity index (χ0) is 15.4. The number of nitrogens with one attached hydrogen (secondary N) is 2. The number of benzene rings is 1. The highest BCUT2D eigenvalue weighted by Gasteiger charge is 2.20. The predicted octanol–water partition coefficient (Wildman–Crippen LogP) is 2.67. The molecule has 2 heterocycles. The van der Waals surface area contributed by atoms with Crippen LogP contribution in [0.4, 0.5) is 5.82 Å². The standard InChI is InChI=1S/C17H24N4O/c1-3-15(14-6-4-5-7-16(14)22-2)18-10-13-11-19-17-8-9-20-21(17)12-13/h4-9,13,15,18-19H,3,10-12H2,1-2H3/t13-,15+/m1/s1. The van der Waals surface area contributed by atoms with Gasteiger partial charge >= 0.3 is 0 Å². The van der Waals surface area contributed by atoms with Crippen molar-refractivity contribution in [1.82, 2.24) is 15.1 Å². The molecule has 0 amide bonds. The fraction of sp³-hybridized carbons (Fsp3) is 0.471. The number of ether oxygens (including phenoxy) is 1. The quantitative estimate of drug-likeness (QED) is 0.861. The molecule has 0 bridgehead atoms. The Labute approximate surface area is 131 Å². The van der Waals surface area contributed by atoms with Crippen molar-refractivity contribution >= 4 is 5.82 Å². The van der Waals surface area contributed by atoms with Crippen molar-refractivity contribution in [1.29, 1.82) is 0 Å². The monoisotopic (exact) mass is 300 g/mol. The van der Waals surface area contributed by atoms with E-state index in [2.05, 4.69) is 34.8 Å². The Bertz CT molecular complexity index is 610. The van der Waals surface area contributed by atoms with Gasteiger partial charge in [-0.2, -0.15) is 5.10 Å². The van der Waals surface area contributed by atoms with Crippen LogP contribution >= 0.6 is 0 Å². The van der Waals surface area contributed by atoms with E-state index in [1.807, 2.05) is 29.1 Å². The van der Waals surface area contributed by atoms with Crippen molar-refractivity contribution in [3.8, 4) is 5.75 Å². The molecule has 0 radical (unpaired) electrons. The molecule has 0 saturated heterocycles. The third-order valence-corrected chi connectivity index (χ3v) is 4.30. The highest BCUT2D eigenvalue weighted by atomic mass is 16.5. The summed E-state index contributed by atoms with van der Waals surface area (Å²) in [7, 11) is 1.73. The summed E-state index contributed by atoms with van der Waals surface area (Å²) in [6.07, 6.45) is 2.88. The van der Waals surface area contributed by atoms with Gasteiger partial charge in [0.1, 0.15) is 11.6 Å². The molecule has 2 atom stereocenters. The first-order chi connectivity index (χ1) is 10.8. The highest BCUT2D eigenvalue weighted by molar-refractivity contribution is 5.36. The van der Waals surface area contributed by atoms with Crippen LogP contribution in [-0.4, -0.2) is 30.0 Å². The summed E-state index contributed by atoms with van der Waals surface area (Å²) in [4.78, 5) is 0. The summed E-state index contributed by atoms with van der Waals surface area (Å²) in [5, 5.41) is 11.5. The number of rotatable bonds is 6. The third kappa shape index (κ3) is 3.09. The molecule has 22 heavy (non-hydrogen) atoms. The van der Waals surface area contributed by atoms with Crippen LogP contribution < -0.4 is 15.4 Å². The molecule has 0 aliphatic carbocycles. The van der Waals surface area contributed by atoms with Crippen LogP contribution in [-0.2, 0) is 6.54 Å². The van der Waals surface area contributed by atoms with Gasteiger partial charge in [0.05, 0.1) is 13.3 Å². The maximum absolute atomic E-state index is 5.49. The van der Waals surface area contributed by atoms with Gasteiger partial charge in [0, 0.05) is 43.2 Å². The first kappa shape index (κ1) is 14.9. The Morgan fingerprint density at radius 2 is 2.27 bits per heavy atom. The fourth-order valence-electron chi connectivity index (χ4n) is 3.06. The molecule has 0 unspecified atom stereocenters. The molecule has 3 rings (SSSR count). The van der Waals surface area contributed by atoms with E-state index in [0.717, 1.165) is 37.6 Å². The molecule has 2 aromatic rings. The van der Waals surface area contributed by atoms with Crippen LogP contribution in [0.3, 0.4) is 0 Å². The molecule has 0 fully saturated rings. The maximum Gasteiger partial charge on any atom is 0.124 e. The van der Waals surface area contributed by atoms with Crippen molar-refractivity contribution in [2.24, 2.45) is 5.92 Å². The molecule has 5 heteroatoms. The minimum atomic E-state index is 0.315. The van der Waals surface area contributed by atoms with E-state index in [-0.39, 0.29) is 0 Å². The molecule has 2 N–H and O–H groups in total. The van der Waals surface area contributed by atoms with Crippen LogP contribution in [0.2, 0.25) is 0 Å². The zero-order valence-electron chi connectivity index (χ0n) is 13.2. The Balaban J connectivity index is 1.62. The molecule has 5 nitrogen and oxygen atoms in total. The Morgan fingerprint density at radius 1 is 1.41 bits per heavy atom. The normalized spacial score (nSPS) is 18.4. The van der Waals surface area contributed by atoms with E-state index in [4.69, 9.17) is 4.74 Å². The van der Waals surface area contributed by atoms with Gasteiger partial charge in [-0.1, -0.05) is 25.1 Å². The van der Waals surface area contributed by atoms with Gasteiger partial charge in [0.15, 0.2) is 0 Å². The Morgan fingerprint density at radius 3 is 3.09 bits per heavy atom. The fourth-order valence-corrected chi connectivity index (χ4v) is 3.06. The summed E-state index contributed by atoms with van der Waals surface area (Å²) in [5.41, 5.74) is 1.23. The van der Waals surface area contributed by atoms with Gasteiger partial charge in [0.2, 0.25) is 0 Å². The minimum Gasteiger partial charge on any atom is -0.496 e. The summed E-state index contributed by atoms with van der Waals surface area (Å²) in [5.74, 6) is 2.61. The summed E-state index contributed by atoms with van der Waals surface area (Å²) >= 11 is 0. The molecular formula is C17H24N4O. The highest BCUT2D eigenvalue weighted by Crippen LogP contribution is 2.27. The van der Waals surface area contributed by atoms with E-state index in [9.17, 15) is 0 Å². The largest absolute Gasteiger partial charge is 0.496 e. The molecule has 1 aliphatic heterocycles. The van der Waals surface area contributed by atoms with Crippen LogP contribution in [0.1, 0.15) is 24.9 Å². The number of fused-ring (bicyclic) bond motifs is 1. The third-order valence-electron chi connectivity index (χ3n) is 4.30. The second kappa shape index (κ2) is 6.83. The first-order valence-electron chi connectivity index (χ1n) is 7.93. The molecular weight excluding hydrogens is 276 g/mol. The Kier molecular flexibility index (Phi) is 4.63. The number of nitrogens with zero attached hydrogens (tertiary/aromatic N) is 2. The minimum absolute atomic E-state index is 0.315. The SMILES string of the molecule is CC[C@H](NC[C@@H]1CNc2ccnn2C1)c1ccccc1OC. The van der Waals surface area contributed by atoms with Gasteiger partial charge in [-0.3, -0.25) is 0 Å². The average molecular weight is 300 g/mol. The van der Waals surface area contributed by atoms with Crippen molar-refractivity contribution in [3.05, 3.63) is 42.1 Å². The van der Waals surface area contributed by atoms with E-state index in [0.29, 0.717) is 12.0 Å². The second-order valence-electron chi connectivity index (χ2n) is 5.76. The molecule has 1 aliphatic rings. The van der Waals surface area contributed by atoms with Crippen molar-refractivity contribution in [2.75, 3.05) is 25.5 Å². The van der Waals surface area contributed by atoms with Crippen molar-refractivity contribution < 1.29 is 4.74 Å². The van der Waals surface area contributed by atoms with Crippen molar-refractivity contribution in [3.63, 3.8) is 0 Å². The van der Waals surface area contributed by atoms with Crippen LogP contribution in [0.5, 0.6) is 5.75 Å². The molecule has 118 valence electrons. The number of para-hydroxylation sites is 1. The van der Waals surface area contributed by atoms with Gasteiger partial charge in [0.25, 0.3) is 0 Å². The lowest BCUT2D eigenvalue weighted by atomic mass is 10.0. The van der Waals surface area contributed by atoms with Gasteiger partial charge in [-0.25, -0.2) is 4.68 Å². The molecule has 1 aromatic carbocycles. The van der Waals surface area contributed by atoms with E-state index >= 15 is 0 Å². The summed E-state index contributed by atoms with van der Waals surface area (Å²) in [6, 6.07) is 10.6. The molecule has 0 saturated carbocycles. The van der Waals surface area contributed by atoms with Gasteiger partial charge < -0.3 is 15.4 Å². The van der Waals surface area contributed by atoms with Crippen LogP contribution in [0.15, 0.2) is 36.5 Å². The Hall–Kier alpha value is -2.01. The number of hydrogen-bond donors (Lipinski definition) is 2. The summed E-state index contributed by atoms with van der Waals surface area (Å²) < 4.78 is 7.53. The zero-order valence-corrected chi connectivity index (χ0v) is 13.2. The summed E-state index contributed by atoms with van der Waals surface area (Å²) in [6.45, 7) is 5.11. The second-order valence-corrected chi connectivity index (χ2v) is 5.76. The van der Waals surface area contributed by atoms with Crippen LogP contribution in [0, 0.1) is 5.92 Å². The molecule has 1 aromatic heterocycles. The number of methoxy groups -OCH3 is 1. The number of anilines is 1. The predicted molar refractivity (Wildman–Crippen MR) is 88.2 cm³/mol. The van der Waals surface area contributed by atoms with E-state index in [1.165, 1.54) is 5.56 Å². The van der Waals surface area contributed by atoms with Gasteiger partial charge in [-0.05, 0) is 12.5 Å². The average Bonchev–Trinajstić information content (AvgIpc) is 3.03. The van der Waals surface area contributed by atoms with E-state index in [1.54, 1.807) is 7.11 Å². The smallest absolute Gasteiger partial charge is 0.124 e. The lowest BCUT2D eigenvalue weighted by molar-refractivity contribution is 0.357.